The van der Waals surface area contributed by atoms with Gasteiger partial charge in [0.1, 0.15) is 10.0 Å². The maximum Gasteiger partial charge on any atom is 0.271 e. The number of nitrogens with two attached hydrogens (primary N) is 1. The zero-order chi connectivity index (χ0) is 13.2. The molecule has 2 aromatic rings. The first-order chi connectivity index (χ1) is 8.51. The second-order valence-corrected chi connectivity index (χ2v) is 6.73. The fourth-order valence-electron chi connectivity index (χ4n) is 1.36. The number of nitrogens with one attached hydrogen (secondary N) is 1. The Balaban J connectivity index is 2.24. The molecule has 2 rings (SSSR count). The van der Waals surface area contributed by atoms with Crippen LogP contribution in [0.4, 0.5) is 11.5 Å². The molecule has 2 aromatic heterocycles. The number of sulfonamides is 1. The molecule has 18 heavy (non-hydrogen) atoms. The van der Waals surface area contributed by atoms with Crippen LogP contribution < -0.4 is 10.5 Å². The number of nitrogen functional groups attached to an aromatic ring is 1. The van der Waals surface area contributed by atoms with Crippen molar-refractivity contribution >= 4 is 32.9 Å². The Morgan fingerprint density at radius 2 is 2.11 bits per heavy atom. The molecule has 0 radical (unpaired) electrons. The first-order valence-corrected chi connectivity index (χ1v) is 7.64. The van der Waals surface area contributed by atoms with E-state index in [0.29, 0.717) is 15.7 Å². The number of aryl methyl sites for hydroxylation is 1. The fourth-order valence-corrected chi connectivity index (χ4v) is 3.70. The number of aromatic nitrogens is 1. The highest BCUT2D eigenvalue weighted by atomic mass is 32.2. The van der Waals surface area contributed by atoms with Crippen molar-refractivity contribution in [2.45, 2.75) is 17.6 Å². The number of nitrogens with zero attached hydrogens (tertiary/aromatic N) is 1. The maximum atomic E-state index is 12.1. The normalized spacial score (nSPS) is 11.4. The van der Waals surface area contributed by atoms with Gasteiger partial charge in [-0.25, -0.2) is 13.4 Å². The van der Waals surface area contributed by atoms with E-state index in [1.807, 2.05) is 13.0 Å². The lowest BCUT2D eigenvalue weighted by Crippen LogP contribution is -2.11. The van der Waals surface area contributed by atoms with Gasteiger partial charge in [-0.15, -0.1) is 11.3 Å². The Morgan fingerprint density at radius 1 is 1.33 bits per heavy atom. The third-order valence-corrected chi connectivity index (χ3v) is 5.39. The Morgan fingerprint density at radius 3 is 2.67 bits per heavy atom. The van der Waals surface area contributed by atoms with E-state index in [2.05, 4.69) is 9.71 Å². The average Bonchev–Trinajstić information content (AvgIpc) is 2.81. The summed E-state index contributed by atoms with van der Waals surface area (Å²) in [5.41, 5.74) is 5.84. The largest absolute Gasteiger partial charge is 0.384 e. The summed E-state index contributed by atoms with van der Waals surface area (Å²) in [6, 6.07) is 6.55. The zero-order valence-corrected chi connectivity index (χ0v) is 11.4. The summed E-state index contributed by atoms with van der Waals surface area (Å²) in [6.45, 7) is 1.99. The van der Waals surface area contributed by atoms with Gasteiger partial charge in [-0.1, -0.05) is 6.92 Å². The summed E-state index contributed by atoms with van der Waals surface area (Å²) >= 11 is 1.27. The van der Waals surface area contributed by atoms with Crippen LogP contribution >= 0.6 is 11.3 Å². The molecule has 0 aliphatic carbocycles. The standard InChI is InChI=1S/C11H13N3O2S2/c1-2-9-4-6-11(17-9)18(15,16)14-8-3-5-10(12)13-7-8/h3-7,14H,2H2,1H3,(H2,12,13). The summed E-state index contributed by atoms with van der Waals surface area (Å²) in [7, 11) is -3.53. The molecule has 0 aromatic carbocycles. The molecule has 2 heterocycles. The van der Waals surface area contributed by atoms with Crippen molar-refractivity contribution in [3.63, 3.8) is 0 Å². The van der Waals surface area contributed by atoms with Crippen LogP contribution in [-0.2, 0) is 16.4 Å². The zero-order valence-electron chi connectivity index (χ0n) is 9.75. The lowest BCUT2D eigenvalue weighted by Gasteiger charge is -2.05. The van der Waals surface area contributed by atoms with Crippen LogP contribution in [0, 0.1) is 0 Å². The molecule has 0 bridgehead atoms. The Kier molecular flexibility index (Phi) is 3.53. The summed E-state index contributed by atoms with van der Waals surface area (Å²) in [5, 5.41) is 0. The van der Waals surface area contributed by atoms with Gasteiger partial charge in [0, 0.05) is 4.88 Å². The smallest absolute Gasteiger partial charge is 0.271 e. The van der Waals surface area contributed by atoms with Gasteiger partial charge < -0.3 is 5.73 Å². The third kappa shape index (κ3) is 2.80. The van der Waals surface area contributed by atoms with Gasteiger partial charge in [0.2, 0.25) is 0 Å². The van der Waals surface area contributed by atoms with Crippen LogP contribution in [0.3, 0.4) is 0 Å². The van der Waals surface area contributed by atoms with E-state index < -0.39 is 10.0 Å². The number of rotatable bonds is 4. The minimum absolute atomic E-state index is 0.302. The predicted octanol–water partition coefficient (Wildman–Crippen LogP) is 2.09. The van der Waals surface area contributed by atoms with Gasteiger partial charge in [0.25, 0.3) is 10.0 Å². The number of hydrogen-bond acceptors (Lipinski definition) is 5. The van der Waals surface area contributed by atoms with E-state index in [-0.39, 0.29) is 0 Å². The summed E-state index contributed by atoms with van der Waals surface area (Å²) in [6.07, 6.45) is 2.21. The minimum atomic E-state index is -3.53. The fraction of sp³-hybridized carbons (Fsp3) is 0.182. The van der Waals surface area contributed by atoms with Crippen LogP contribution in [0.2, 0.25) is 0 Å². The van der Waals surface area contributed by atoms with Gasteiger partial charge in [-0.05, 0) is 30.7 Å². The lowest BCUT2D eigenvalue weighted by atomic mass is 10.4. The molecule has 0 amide bonds. The number of thiophene rings is 1. The highest BCUT2D eigenvalue weighted by Crippen LogP contribution is 2.24. The van der Waals surface area contributed by atoms with Crippen molar-refractivity contribution < 1.29 is 8.42 Å². The van der Waals surface area contributed by atoms with E-state index in [9.17, 15) is 8.42 Å². The van der Waals surface area contributed by atoms with Crippen LogP contribution in [0.5, 0.6) is 0 Å². The number of hydrogen-bond donors (Lipinski definition) is 2. The van der Waals surface area contributed by atoms with Crippen LogP contribution in [-0.4, -0.2) is 13.4 Å². The lowest BCUT2D eigenvalue weighted by molar-refractivity contribution is 0.603. The first kappa shape index (κ1) is 12.8. The Labute approximate surface area is 110 Å². The molecule has 5 nitrogen and oxygen atoms in total. The third-order valence-electron chi connectivity index (χ3n) is 2.29. The van der Waals surface area contributed by atoms with E-state index in [4.69, 9.17) is 5.73 Å². The van der Waals surface area contributed by atoms with Gasteiger partial charge in [0.05, 0.1) is 11.9 Å². The van der Waals surface area contributed by atoms with Gasteiger partial charge in [-0.2, -0.15) is 0 Å². The van der Waals surface area contributed by atoms with Crippen LogP contribution in [0.1, 0.15) is 11.8 Å². The summed E-state index contributed by atoms with van der Waals surface area (Å²) in [5.74, 6) is 0.349. The molecule has 7 heteroatoms. The van der Waals surface area contributed by atoms with Crippen LogP contribution in [0.25, 0.3) is 0 Å². The summed E-state index contributed by atoms with van der Waals surface area (Å²) in [4.78, 5) is 4.87. The maximum absolute atomic E-state index is 12.1. The van der Waals surface area contributed by atoms with E-state index in [1.165, 1.54) is 17.5 Å². The second-order valence-electron chi connectivity index (χ2n) is 3.65. The second kappa shape index (κ2) is 4.95. The highest BCUT2D eigenvalue weighted by molar-refractivity contribution is 7.94. The predicted molar refractivity (Wildman–Crippen MR) is 73.2 cm³/mol. The topological polar surface area (TPSA) is 85.1 Å². The van der Waals surface area contributed by atoms with Crippen molar-refractivity contribution in [3.05, 3.63) is 35.3 Å². The molecule has 0 fully saturated rings. The van der Waals surface area contributed by atoms with E-state index >= 15 is 0 Å². The minimum Gasteiger partial charge on any atom is -0.384 e. The monoisotopic (exact) mass is 283 g/mol. The number of pyridine rings is 1. The van der Waals surface area contributed by atoms with Crippen molar-refractivity contribution in [3.8, 4) is 0 Å². The van der Waals surface area contributed by atoms with Crippen molar-refractivity contribution in [2.75, 3.05) is 10.5 Å². The molecule has 0 saturated heterocycles. The molecule has 0 saturated carbocycles. The first-order valence-electron chi connectivity index (χ1n) is 5.34. The quantitative estimate of drug-likeness (QED) is 0.899. The SMILES string of the molecule is CCc1ccc(S(=O)(=O)Nc2ccc(N)nc2)s1. The van der Waals surface area contributed by atoms with E-state index in [1.54, 1.807) is 18.2 Å². The molecule has 96 valence electrons. The van der Waals surface area contributed by atoms with Crippen LogP contribution in [0.15, 0.2) is 34.7 Å². The van der Waals surface area contributed by atoms with Crippen molar-refractivity contribution in [2.24, 2.45) is 0 Å². The summed E-state index contributed by atoms with van der Waals surface area (Å²) < 4.78 is 26.9. The molecule has 0 spiro atoms. The molecule has 3 N–H and O–H groups in total. The van der Waals surface area contributed by atoms with Gasteiger partial charge >= 0.3 is 0 Å². The van der Waals surface area contributed by atoms with Gasteiger partial charge in [-0.3, -0.25) is 4.72 Å². The van der Waals surface area contributed by atoms with Crippen molar-refractivity contribution in [1.82, 2.24) is 4.98 Å². The molecular weight excluding hydrogens is 270 g/mol. The molecule has 0 unspecified atom stereocenters. The highest BCUT2D eigenvalue weighted by Gasteiger charge is 2.16. The van der Waals surface area contributed by atoms with E-state index in [0.717, 1.165) is 11.3 Å². The number of anilines is 2. The molecule has 0 atom stereocenters. The van der Waals surface area contributed by atoms with Crippen molar-refractivity contribution in [1.29, 1.82) is 0 Å². The Hall–Kier alpha value is -1.60. The molecule has 0 aliphatic rings. The van der Waals surface area contributed by atoms with Gasteiger partial charge in [0.15, 0.2) is 0 Å². The molecule has 0 aliphatic heterocycles. The molecular formula is C11H13N3O2S2. The average molecular weight is 283 g/mol. The Bertz CT molecular complexity index is 633.